The zero-order chi connectivity index (χ0) is 23.1. The van der Waals surface area contributed by atoms with E-state index < -0.39 is 21.8 Å². The number of H-pyrrole nitrogens is 1. The van der Waals surface area contributed by atoms with Crippen LogP contribution in [-0.4, -0.2) is 57.0 Å². The number of aryl methyl sites for hydroxylation is 2. The predicted octanol–water partition coefficient (Wildman–Crippen LogP) is 3.22. The zero-order valence-corrected chi connectivity index (χ0v) is 18.8. The maximum Gasteiger partial charge on any atom is 0.420 e. The smallest absolute Gasteiger partial charge is 0.351 e. The minimum absolute atomic E-state index is 0.0611. The summed E-state index contributed by atoms with van der Waals surface area (Å²) in [7, 11) is -3.66. The molecule has 1 saturated heterocycles. The molecule has 4 heterocycles. The molecular weight excluding hydrogens is 467 g/mol. The van der Waals surface area contributed by atoms with Gasteiger partial charge in [0.2, 0.25) is 16.0 Å². The number of thiazole rings is 1. The second kappa shape index (κ2) is 8.41. The number of nitrogens with zero attached hydrogens (tertiary/aromatic N) is 5. The third-order valence-corrected chi connectivity index (χ3v) is 8.07. The summed E-state index contributed by atoms with van der Waals surface area (Å²) < 4.78 is 67.3. The van der Waals surface area contributed by atoms with Gasteiger partial charge in [-0.25, -0.2) is 23.4 Å². The summed E-state index contributed by atoms with van der Waals surface area (Å²) in [4.78, 5) is 12.4. The molecule has 0 aromatic carbocycles. The summed E-state index contributed by atoms with van der Waals surface area (Å²) in [5.74, 6) is 0.0611. The molecule has 3 aromatic heterocycles. The van der Waals surface area contributed by atoms with Crippen LogP contribution in [-0.2, 0) is 16.2 Å². The van der Waals surface area contributed by atoms with E-state index in [1.807, 2.05) is 0 Å². The molecule has 0 bridgehead atoms. The Balaban J connectivity index is 1.49. The van der Waals surface area contributed by atoms with E-state index in [1.54, 1.807) is 13.8 Å². The van der Waals surface area contributed by atoms with Gasteiger partial charge in [0, 0.05) is 37.7 Å². The normalized spacial score (nSPS) is 16.4. The van der Waals surface area contributed by atoms with E-state index >= 15 is 0 Å². The van der Waals surface area contributed by atoms with Gasteiger partial charge in [0.15, 0.2) is 0 Å². The quantitative estimate of drug-likeness (QED) is 0.568. The Hall–Kier alpha value is -2.58. The van der Waals surface area contributed by atoms with Gasteiger partial charge in [-0.05, 0) is 26.7 Å². The van der Waals surface area contributed by atoms with Crippen LogP contribution in [0.2, 0.25) is 0 Å². The fourth-order valence-electron chi connectivity index (χ4n) is 3.49. The van der Waals surface area contributed by atoms with Gasteiger partial charge < -0.3 is 5.32 Å². The van der Waals surface area contributed by atoms with Crippen LogP contribution < -0.4 is 5.32 Å². The van der Waals surface area contributed by atoms with E-state index in [4.69, 9.17) is 0 Å². The maximum atomic E-state index is 13.4. The van der Waals surface area contributed by atoms with Crippen molar-refractivity contribution in [3.8, 4) is 10.6 Å². The number of halogens is 3. The van der Waals surface area contributed by atoms with E-state index in [9.17, 15) is 21.6 Å². The highest BCUT2D eigenvalue weighted by atomic mass is 32.2. The van der Waals surface area contributed by atoms with Crippen LogP contribution in [0.3, 0.4) is 0 Å². The molecule has 9 nitrogen and oxygen atoms in total. The number of sulfonamides is 1. The molecule has 0 unspecified atom stereocenters. The number of hydrogen-bond acceptors (Lipinski definition) is 8. The number of aromatic nitrogens is 5. The van der Waals surface area contributed by atoms with Gasteiger partial charge in [-0.1, -0.05) is 0 Å². The molecule has 4 rings (SSSR count). The molecule has 0 atom stereocenters. The van der Waals surface area contributed by atoms with Gasteiger partial charge in [-0.15, -0.1) is 11.3 Å². The molecule has 172 valence electrons. The van der Waals surface area contributed by atoms with Crippen molar-refractivity contribution in [2.45, 2.75) is 43.8 Å². The van der Waals surface area contributed by atoms with Crippen LogP contribution in [0.25, 0.3) is 10.6 Å². The maximum absolute atomic E-state index is 13.4. The lowest BCUT2D eigenvalue weighted by Gasteiger charge is -2.31. The molecule has 2 N–H and O–H groups in total. The molecule has 1 aliphatic heterocycles. The van der Waals surface area contributed by atoms with Crippen LogP contribution in [0, 0.1) is 13.8 Å². The fraction of sp³-hybridized carbons (Fsp3) is 0.444. The lowest BCUT2D eigenvalue weighted by molar-refractivity contribution is -0.137. The topological polar surface area (TPSA) is 117 Å². The number of rotatable bonds is 5. The Labute approximate surface area is 186 Å². The van der Waals surface area contributed by atoms with E-state index in [0.29, 0.717) is 28.4 Å². The average Bonchev–Trinajstić information content (AvgIpc) is 3.36. The first-order chi connectivity index (χ1) is 15.1. The molecule has 14 heteroatoms. The summed E-state index contributed by atoms with van der Waals surface area (Å²) in [5, 5.41) is 10.1. The number of nitrogens with one attached hydrogen (secondary N) is 2. The molecule has 32 heavy (non-hydrogen) atoms. The number of hydrogen-bond donors (Lipinski definition) is 2. The highest BCUT2D eigenvalue weighted by Crippen LogP contribution is 2.38. The van der Waals surface area contributed by atoms with Crippen molar-refractivity contribution in [1.82, 2.24) is 29.5 Å². The zero-order valence-electron chi connectivity index (χ0n) is 17.1. The second-order valence-corrected chi connectivity index (χ2v) is 10.5. The second-order valence-electron chi connectivity index (χ2n) is 7.35. The van der Waals surface area contributed by atoms with Gasteiger partial charge in [0.1, 0.15) is 10.5 Å². The first-order valence-corrected chi connectivity index (χ1v) is 12.0. The standard InChI is InChI=1S/C18H20F3N7O2S2/c1-10-15(9-24-27-10)32(29,30)28-5-3-12(4-6-28)25-17-23-7-13(18(19,20)21)16(26-17)14-8-22-11(2)31-14/h7-9,12H,3-6H2,1-2H3,(H,24,27)(H,23,25,26). The Kier molecular flexibility index (Phi) is 5.94. The summed E-state index contributed by atoms with van der Waals surface area (Å²) in [6.45, 7) is 3.83. The minimum Gasteiger partial charge on any atom is -0.351 e. The van der Waals surface area contributed by atoms with Crippen LogP contribution in [0.5, 0.6) is 0 Å². The monoisotopic (exact) mass is 487 g/mol. The Morgan fingerprint density at radius 1 is 1.19 bits per heavy atom. The lowest BCUT2D eigenvalue weighted by Crippen LogP contribution is -2.42. The van der Waals surface area contributed by atoms with Gasteiger partial charge in [-0.2, -0.15) is 22.6 Å². The fourth-order valence-corrected chi connectivity index (χ4v) is 5.86. The lowest BCUT2D eigenvalue weighted by atomic mass is 10.1. The Morgan fingerprint density at radius 3 is 2.47 bits per heavy atom. The van der Waals surface area contributed by atoms with E-state index in [1.165, 1.54) is 16.7 Å². The summed E-state index contributed by atoms with van der Waals surface area (Å²) >= 11 is 1.12. The minimum atomic E-state index is -4.60. The number of piperidine rings is 1. The molecule has 0 radical (unpaired) electrons. The predicted molar refractivity (Wildman–Crippen MR) is 112 cm³/mol. The number of alkyl halides is 3. The van der Waals surface area contributed by atoms with Crippen molar-refractivity contribution in [2.24, 2.45) is 0 Å². The Morgan fingerprint density at radius 2 is 1.91 bits per heavy atom. The van der Waals surface area contributed by atoms with Crippen molar-refractivity contribution in [2.75, 3.05) is 18.4 Å². The van der Waals surface area contributed by atoms with Gasteiger partial charge in [0.05, 0.1) is 21.3 Å². The van der Waals surface area contributed by atoms with Gasteiger partial charge >= 0.3 is 6.18 Å². The summed E-state index contributed by atoms with van der Waals surface area (Å²) in [5.41, 5.74) is -0.756. The van der Waals surface area contributed by atoms with Crippen molar-refractivity contribution < 1.29 is 21.6 Å². The van der Waals surface area contributed by atoms with E-state index in [0.717, 1.165) is 17.5 Å². The van der Waals surface area contributed by atoms with E-state index in [-0.39, 0.29) is 35.7 Å². The van der Waals surface area contributed by atoms with E-state index in [2.05, 4.69) is 30.5 Å². The summed E-state index contributed by atoms with van der Waals surface area (Å²) in [6.07, 6.45) is -0.209. The van der Waals surface area contributed by atoms with Crippen LogP contribution in [0.1, 0.15) is 29.1 Å². The molecule has 1 fully saturated rings. The SMILES string of the molecule is Cc1ncc(-c2nc(NC3CCN(S(=O)(=O)c4c[nH]nc4C)CC3)ncc2C(F)(F)F)s1. The van der Waals surface area contributed by atoms with Crippen molar-refractivity contribution in [3.05, 3.63) is 34.9 Å². The third kappa shape index (κ3) is 4.47. The molecular formula is C18H20F3N7O2S2. The molecule has 1 aliphatic rings. The van der Waals surface area contributed by atoms with Crippen LogP contribution >= 0.6 is 11.3 Å². The number of anilines is 1. The van der Waals surface area contributed by atoms with Crippen LogP contribution in [0.15, 0.2) is 23.5 Å². The molecule has 0 spiro atoms. The van der Waals surface area contributed by atoms with Crippen LogP contribution in [0.4, 0.5) is 19.1 Å². The molecule has 0 aliphatic carbocycles. The Bertz CT molecular complexity index is 1220. The average molecular weight is 488 g/mol. The first-order valence-electron chi connectivity index (χ1n) is 9.70. The molecule has 3 aromatic rings. The van der Waals surface area contributed by atoms with Gasteiger partial charge in [-0.3, -0.25) is 5.10 Å². The highest BCUT2D eigenvalue weighted by Gasteiger charge is 2.36. The third-order valence-electron chi connectivity index (χ3n) is 5.14. The van der Waals surface area contributed by atoms with Crippen molar-refractivity contribution in [3.63, 3.8) is 0 Å². The van der Waals surface area contributed by atoms with Gasteiger partial charge in [0.25, 0.3) is 0 Å². The van der Waals surface area contributed by atoms with Crippen molar-refractivity contribution in [1.29, 1.82) is 0 Å². The number of aromatic amines is 1. The molecule has 0 amide bonds. The van der Waals surface area contributed by atoms with Crippen molar-refractivity contribution >= 4 is 27.3 Å². The molecule has 0 saturated carbocycles. The largest absolute Gasteiger partial charge is 0.420 e. The summed E-state index contributed by atoms with van der Waals surface area (Å²) in [6, 6.07) is -0.181. The highest BCUT2D eigenvalue weighted by molar-refractivity contribution is 7.89. The first kappa shape index (κ1) is 22.6.